The molecule has 0 radical (unpaired) electrons. The van der Waals surface area contributed by atoms with Crippen molar-refractivity contribution in [3.63, 3.8) is 0 Å². The van der Waals surface area contributed by atoms with Crippen molar-refractivity contribution in [2.75, 3.05) is 28.4 Å². The van der Waals surface area contributed by atoms with Gasteiger partial charge in [-0.3, -0.25) is 4.79 Å². The topological polar surface area (TPSA) is 66.0 Å². The van der Waals surface area contributed by atoms with Crippen molar-refractivity contribution >= 4 is 5.91 Å². The molecule has 0 bridgehead atoms. The van der Waals surface area contributed by atoms with E-state index in [1.807, 2.05) is 36.4 Å². The van der Waals surface area contributed by atoms with Gasteiger partial charge in [0.05, 0.1) is 27.9 Å². The Morgan fingerprint density at radius 3 is 1.96 bits per heavy atom. The molecule has 0 spiro atoms. The fourth-order valence-corrected chi connectivity index (χ4v) is 2.75. The van der Waals surface area contributed by atoms with Crippen LogP contribution >= 0.6 is 0 Å². The Balaban J connectivity index is 1.89. The molecule has 2 aromatic carbocycles. The maximum absolute atomic E-state index is 12.2. The molecular weight excluding hydrogens is 346 g/mol. The molecule has 146 valence electrons. The summed E-state index contributed by atoms with van der Waals surface area (Å²) in [6.45, 7) is 1.09. The van der Waals surface area contributed by atoms with Crippen molar-refractivity contribution in [1.82, 2.24) is 5.32 Å². The van der Waals surface area contributed by atoms with Crippen LogP contribution in [0.1, 0.15) is 23.1 Å². The minimum Gasteiger partial charge on any atom is -0.493 e. The van der Waals surface area contributed by atoms with E-state index in [0.717, 1.165) is 16.7 Å². The lowest BCUT2D eigenvalue weighted by atomic mass is 10.1. The molecule has 2 aromatic rings. The quantitative estimate of drug-likeness (QED) is 0.693. The molecule has 0 aliphatic carbocycles. The Morgan fingerprint density at radius 2 is 1.44 bits per heavy atom. The number of hydrogen-bond donors (Lipinski definition) is 1. The predicted molar refractivity (Wildman–Crippen MR) is 103 cm³/mol. The summed E-state index contributed by atoms with van der Waals surface area (Å²) >= 11 is 0. The lowest BCUT2D eigenvalue weighted by molar-refractivity contribution is -0.121. The Morgan fingerprint density at radius 1 is 0.852 bits per heavy atom. The Bertz CT molecular complexity index is 718. The van der Waals surface area contributed by atoms with E-state index in [0.29, 0.717) is 43.2 Å². The van der Waals surface area contributed by atoms with E-state index < -0.39 is 0 Å². The number of amides is 1. The number of hydrogen-bond acceptors (Lipinski definition) is 5. The zero-order valence-electron chi connectivity index (χ0n) is 16.3. The zero-order valence-corrected chi connectivity index (χ0v) is 16.3. The molecule has 0 aliphatic heterocycles. The fraction of sp³-hybridized carbons (Fsp3) is 0.381. The molecule has 2 rings (SSSR count). The highest BCUT2D eigenvalue weighted by Crippen LogP contribution is 2.38. The van der Waals surface area contributed by atoms with Crippen LogP contribution < -0.4 is 19.5 Å². The average molecular weight is 373 g/mol. The number of rotatable bonds is 10. The Hall–Kier alpha value is -2.73. The van der Waals surface area contributed by atoms with E-state index in [1.165, 1.54) is 0 Å². The van der Waals surface area contributed by atoms with Crippen LogP contribution in [0.2, 0.25) is 0 Å². The highest BCUT2D eigenvalue weighted by Gasteiger charge is 2.13. The molecule has 0 unspecified atom stereocenters. The van der Waals surface area contributed by atoms with Crippen LogP contribution in [-0.4, -0.2) is 34.3 Å². The number of carbonyl (C=O) groups is 1. The molecule has 27 heavy (non-hydrogen) atoms. The molecule has 6 nitrogen and oxygen atoms in total. The van der Waals surface area contributed by atoms with Crippen molar-refractivity contribution in [2.45, 2.75) is 26.0 Å². The third-order valence-corrected chi connectivity index (χ3v) is 4.19. The Labute approximate surface area is 160 Å². The van der Waals surface area contributed by atoms with Crippen LogP contribution in [0.15, 0.2) is 36.4 Å². The fourth-order valence-electron chi connectivity index (χ4n) is 2.75. The van der Waals surface area contributed by atoms with E-state index in [-0.39, 0.29) is 5.91 Å². The standard InChI is InChI=1S/C21H27NO5/c1-24-14-16-7-5-15(6-8-16)13-22-20(23)10-9-17-11-18(25-2)21(27-4)19(12-17)26-3/h5-8,11-12H,9-10,13-14H2,1-4H3,(H,22,23). The van der Waals surface area contributed by atoms with Crippen LogP contribution in [-0.2, 0) is 29.1 Å². The lowest BCUT2D eigenvalue weighted by Gasteiger charge is -2.14. The second-order valence-electron chi connectivity index (χ2n) is 6.06. The second-order valence-corrected chi connectivity index (χ2v) is 6.06. The highest BCUT2D eigenvalue weighted by atomic mass is 16.5. The van der Waals surface area contributed by atoms with Gasteiger partial charge in [0.25, 0.3) is 0 Å². The molecule has 1 N–H and O–H groups in total. The van der Waals surface area contributed by atoms with Crippen molar-refractivity contribution in [3.05, 3.63) is 53.1 Å². The average Bonchev–Trinajstić information content (AvgIpc) is 2.71. The van der Waals surface area contributed by atoms with E-state index in [2.05, 4.69) is 5.32 Å². The maximum Gasteiger partial charge on any atom is 0.220 e. The minimum absolute atomic E-state index is 0.00952. The number of methoxy groups -OCH3 is 4. The van der Waals surface area contributed by atoms with Crippen LogP contribution in [0.25, 0.3) is 0 Å². The summed E-state index contributed by atoms with van der Waals surface area (Å²) in [6, 6.07) is 11.7. The third-order valence-electron chi connectivity index (χ3n) is 4.19. The molecular formula is C21H27NO5. The van der Waals surface area contributed by atoms with Crippen LogP contribution in [0.4, 0.5) is 0 Å². The zero-order chi connectivity index (χ0) is 19.6. The van der Waals surface area contributed by atoms with Gasteiger partial charge in [0.2, 0.25) is 11.7 Å². The number of aryl methyl sites for hydroxylation is 1. The summed E-state index contributed by atoms with van der Waals surface area (Å²) in [6.07, 6.45) is 0.954. The molecule has 6 heteroatoms. The van der Waals surface area contributed by atoms with Gasteiger partial charge >= 0.3 is 0 Å². The minimum atomic E-state index is -0.00952. The summed E-state index contributed by atoms with van der Waals surface area (Å²) in [7, 11) is 6.38. The normalized spacial score (nSPS) is 10.4. The number of carbonyl (C=O) groups excluding carboxylic acids is 1. The van der Waals surface area contributed by atoms with Gasteiger partial charge in [-0.25, -0.2) is 0 Å². The largest absolute Gasteiger partial charge is 0.493 e. The van der Waals surface area contributed by atoms with Crippen molar-refractivity contribution < 1.29 is 23.7 Å². The van der Waals surface area contributed by atoms with Crippen molar-refractivity contribution in [1.29, 1.82) is 0 Å². The molecule has 0 aromatic heterocycles. The Kier molecular flexibility index (Phi) is 7.95. The summed E-state index contributed by atoms with van der Waals surface area (Å²) in [5.74, 6) is 1.71. The van der Waals surface area contributed by atoms with E-state index in [1.54, 1.807) is 28.4 Å². The smallest absolute Gasteiger partial charge is 0.220 e. The van der Waals surface area contributed by atoms with Gasteiger partial charge in [-0.15, -0.1) is 0 Å². The van der Waals surface area contributed by atoms with Gasteiger partial charge in [0.15, 0.2) is 11.5 Å². The molecule has 0 saturated heterocycles. The van der Waals surface area contributed by atoms with Crippen LogP contribution in [0, 0.1) is 0 Å². The van der Waals surface area contributed by atoms with Gasteiger partial charge < -0.3 is 24.3 Å². The van der Waals surface area contributed by atoms with Crippen molar-refractivity contribution in [2.24, 2.45) is 0 Å². The first-order valence-electron chi connectivity index (χ1n) is 8.73. The second kappa shape index (κ2) is 10.4. The summed E-state index contributed by atoms with van der Waals surface area (Å²) in [4.78, 5) is 12.2. The number of benzene rings is 2. The summed E-state index contributed by atoms with van der Waals surface area (Å²) in [5, 5.41) is 2.94. The molecule has 1 amide bonds. The maximum atomic E-state index is 12.2. The lowest BCUT2D eigenvalue weighted by Crippen LogP contribution is -2.23. The predicted octanol–water partition coefficient (Wildman–Crippen LogP) is 3.11. The van der Waals surface area contributed by atoms with Gasteiger partial charge in [-0.2, -0.15) is 0 Å². The van der Waals surface area contributed by atoms with Gasteiger partial charge in [0.1, 0.15) is 0 Å². The van der Waals surface area contributed by atoms with E-state index in [4.69, 9.17) is 18.9 Å². The van der Waals surface area contributed by atoms with Crippen LogP contribution in [0.5, 0.6) is 17.2 Å². The van der Waals surface area contributed by atoms with Gasteiger partial charge in [0, 0.05) is 20.1 Å². The molecule has 0 saturated carbocycles. The molecule has 0 aliphatic rings. The first-order chi connectivity index (χ1) is 13.1. The summed E-state index contributed by atoms with van der Waals surface area (Å²) < 4.78 is 21.1. The van der Waals surface area contributed by atoms with Crippen LogP contribution in [0.3, 0.4) is 0 Å². The number of nitrogens with one attached hydrogen (secondary N) is 1. The molecule has 0 fully saturated rings. The third kappa shape index (κ3) is 5.89. The monoisotopic (exact) mass is 373 g/mol. The molecule has 0 atom stereocenters. The van der Waals surface area contributed by atoms with Gasteiger partial charge in [-0.05, 0) is 35.2 Å². The van der Waals surface area contributed by atoms with Crippen molar-refractivity contribution in [3.8, 4) is 17.2 Å². The van der Waals surface area contributed by atoms with E-state index >= 15 is 0 Å². The summed E-state index contributed by atoms with van der Waals surface area (Å²) in [5.41, 5.74) is 3.11. The van der Waals surface area contributed by atoms with E-state index in [9.17, 15) is 4.79 Å². The molecule has 0 heterocycles. The highest BCUT2D eigenvalue weighted by molar-refractivity contribution is 5.76. The first-order valence-corrected chi connectivity index (χ1v) is 8.73. The first kappa shape index (κ1) is 20.6. The SMILES string of the molecule is COCc1ccc(CNC(=O)CCc2cc(OC)c(OC)c(OC)c2)cc1. The van der Waals surface area contributed by atoms with Gasteiger partial charge in [-0.1, -0.05) is 24.3 Å². The number of ether oxygens (including phenoxy) is 4.